The van der Waals surface area contributed by atoms with Crippen LogP contribution in [0.4, 0.5) is 0 Å². The minimum Gasteiger partial charge on any atom is -0.462 e. The molecule has 0 spiro atoms. The molecule has 0 bridgehead atoms. The van der Waals surface area contributed by atoms with Gasteiger partial charge in [-0.25, -0.2) is 4.79 Å². The predicted molar refractivity (Wildman–Crippen MR) is 112 cm³/mol. The highest BCUT2D eigenvalue weighted by Gasteiger charge is 2.35. The van der Waals surface area contributed by atoms with Crippen LogP contribution in [0.3, 0.4) is 0 Å². The van der Waals surface area contributed by atoms with Gasteiger partial charge >= 0.3 is 5.97 Å². The maximum atomic E-state index is 12.5. The number of hydrogen-bond acceptors (Lipinski definition) is 5. The summed E-state index contributed by atoms with van der Waals surface area (Å²) in [6.45, 7) is 8.22. The molecule has 0 aromatic heterocycles. The van der Waals surface area contributed by atoms with Gasteiger partial charge in [0.1, 0.15) is 0 Å². The maximum Gasteiger partial charge on any atom is 0.333 e. The number of hydrogen-bond donors (Lipinski definition) is 2. The Morgan fingerprint density at radius 3 is 2.39 bits per heavy atom. The Morgan fingerprint density at radius 2 is 1.79 bits per heavy atom. The highest BCUT2D eigenvalue weighted by Crippen LogP contribution is 2.24. The van der Waals surface area contributed by atoms with E-state index < -0.39 is 6.10 Å². The molecule has 1 amide bonds. The third-order valence-corrected chi connectivity index (χ3v) is 5.26. The number of rotatable bonds is 13. The third-order valence-electron chi connectivity index (χ3n) is 5.26. The van der Waals surface area contributed by atoms with E-state index in [2.05, 4.69) is 26.1 Å². The Labute approximate surface area is 170 Å². The lowest BCUT2D eigenvalue weighted by Gasteiger charge is -2.36. The quantitative estimate of drug-likeness (QED) is 0.366. The van der Waals surface area contributed by atoms with Crippen molar-refractivity contribution in [1.82, 2.24) is 5.32 Å². The van der Waals surface area contributed by atoms with E-state index in [1.54, 1.807) is 6.08 Å². The summed E-state index contributed by atoms with van der Waals surface area (Å²) in [7, 11) is 0. The zero-order valence-corrected chi connectivity index (χ0v) is 18.2. The zero-order chi connectivity index (χ0) is 20.9. The second-order valence-electron chi connectivity index (χ2n) is 7.73. The van der Waals surface area contributed by atoms with Crippen LogP contribution in [0.2, 0.25) is 0 Å². The summed E-state index contributed by atoms with van der Waals surface area (Å²) in [6.07, 6.45) is 10.4. The van der Waals surface area contributed by atoms with Crippen molar-refractivity contribution in [2.24, 2.45) is 5.73 Å². The first kappa shape index (κ1) is 24.6. The second-order valence-corrected chi connectivity index (χ2v) is 7.73. The van der Waals surface area contributed by atoms with E-state index in [9.17, 15) is 9.59 Å². The van der Waals surface area contributed by atoms with E-state index in [0.29, 0.717) is 18.6 Å². The molecule has 0 aliphatic heterocycles. The highest BCUT2D eigenvalue weighted by molar-refractivity contribution is 5.89. The van der Waals surface area contributed by atoms with E-state index in [0.717, 1.165) is 25.7 Å². The Bertz CT molecular complexity index is 503. The van der Waals surface area contributed by atoms with Crippen LogP contribution in [0.15, 0.2) is 11.6 Å². The van der Waals surface area contributed by atoms with Crippen molar-refractivity contribution in [2.75, 3.05) is 6.61 Å². The van der Waals surface area contributed by atoms with E-state index in [-0.39, 0.29) is 30.1 Å². The van der Waals surface area contributed by atoms with Crippen molar-refractivity contribution in [3.8, 4) is 0 Å². The third kappa shape index (κ3) is 8.74. The van der Waals surface area contributed by atoms with E-state index in [1.807, 2.05) is 0 Å². The summed E-state index contributed by atoms with van der Waals surface area (Å²) in [5, 5.41) is 2.89. The van der Waals surface area contributed by atoms with Gasteiger partial charge in [-0.05, 0) is 31.8 Å². The van der Waals surface area contributed by atoms with Crippen molar-refractivity contribution >= 4 is 11.9 Å². The molecule has 0 saturated heterocycles. The number of carbonyl (C=O) groups is 2. The monoisotopic (exact) mass is 396 g/mol. The molecule has 6 heteroatoms. The lowest BCUT2D eigenvalue weighted by molar-refractivity contribution is -0.139. The van der Waals surface area contributed by atoms with Crippen LogP contribution < -0.4 is 11.1 Å². The van der Waals surface area contributed by atoms with Gasteiger partial charge in [0.15, 0.2) is 0 Å². The van der Waals surface area contributed by atoms with Crippen LogP contribution in [-0.4, -0.2) is 42.8 Å². The van der Waals surface area contributed by atoms with Crippen molar-refractivity contribution in [2.45, 2.75) is 110 Å². The van der Waals surface area contributed by atoms with Gasteiger partial charge in [-0.2, -0.15) is 0 Å². The van der Waals surface area contributed by atoms with Gasteiger partial charge in [0.05, 0.1) is 24.9 Å². The van der Waals surface area contributed by atoms with Crippen molar-refractivity contribution in [3.05, 3.63) is 11.6 Å². The highest BCUT2D eigenvalue weighted by atomic mass is 16.5. The number of esters is 1. The van der Waals surface area contributed by atoms with Crippen molar-refractivity contribution in [1.29, 1.82) is 0 Å². The fourth-order valence-corrected chi connectivity index (χ4v) is 3.54. The van der Waals surface area contributed by atoms with Crippen LogP contribution in [0, 0.1) is 0 Å². The Kier molecular flexibility index (Phi) is 12.1. The molecular formula is C22H40N2O4. The summed E-state index contributed by atoms with van der Waals surface area (Å²) < 4.78 is 11.6. The number of amides is 1. The molecule has 0 aromatic rings. The summed E-state index contributed by atoms with van der Waals surface area (Å²) in [4.78, 5) is 24.1. The molecule has 0 saturated carbocycles. The first-order valence-electron chi connectivity index (χ1n) is 11.0. The van der Waals surface area contributed by atoms with Crippen LogP contribution in [0.5, 0.6) is 0 Å². The average Bonchev–Trinajstić information content (AvgIpc) is 2.67. The molecule has 0 unspecified atom stereocenters. The topological polar surface area (TPSA) is 90.6 Å². The van der Waals surface area contributed by atoms with Gasteiger partial charge in [0, 0.05) is 18.5 Å². The van der Waals surface area contributed by atoms with Gasteiger partial charge in [-0.15, -0.1) is 0 Å². The van der Waals surface area contributed by atoms with Gasteiger partial charge in [-0.3, -0.25) is 4.79 Å². The molecular weight excluding hydrogens is 356 g/mol. The summed E-state index contributed by atoms with van der Waals surface area (Å²) >= 11 is 0. The Hall–Kier alpha value is -1.40. The molecule has 3 atom stereocenters. The number of carbonyl (C=O) groups excluding carboxylic acids is 2. The van der Waals surface area contributed by atoms with Gasteiger partial charge in [-0.1, -0.05) is 52.9 Å². The second kappa shape index (κ2) is 13.7. The largest absolute Gasteiger partial charge is 0.462 e. The minimum atomic E-state index is -0.422. The first-order chi connectivity index (χ1) is 13.4. The predicted octanol–water partition coefficient (Wildman–Crippen LogP) is 3.63. The molecule has 0 fully saturated rings. The van der Waals surface area contributed by atoms with E-state index in [4.69, 9.17) is 15.2 Å². The number of nitrogens with one attached hydrogen (secondary N) is 1. The average molecular weight is 397 g/mol. The van der Waals surface area contributed by atoms with Crippen molar-refractivity contribution < 1.29 is 19.1 Å². The van der Waals surface area contributed by atoms with Crippen LogP contribution in [0.1, 0.15) is 85.5 Å². The molecule has 0 aromatic carbocycles. The molecule has 1 aliphatic rings. The lowest BCUT2D eigenvalue weighted by atomic mass is 9.88. The zero-order valence-electron chi connectivity index (χ0n) is 18.2. The van der Waals surface area contributed by atoms with Crippen LogP contribution >= 0.6 is 0 Å². The standard InChI is InChI=1S/C22H40N2O4/c1-5-8-9-10-11-12-13-27-22(26)17-14-19(23)21(24-16(4)25)20(15-17)28-18(6-2)7-3/h15,18-21H,5-14,23H2,1-4H3,(H,24,25)/t19-,20+,21+/m0/s1. The van der Waals surface area contributed by atoms with Crippen LogP contribution in [0.25, 0.3) is 0 Å². The molecule has 3 N–H and O–H groups in total. The number of unbranched alkanes of at least 4 members (excludes halogenated alkanes) is 5. The number of ether oxygens (including phenoxy) is 2. The summed E-state index contributed by atoms with van der Waals surface area (Å²) in [6, 6.07) is -0.724. The minimum absolute atomic E-state index is 0.0585. The molecule has 1 aliphatic carbocycles. The molecule has 1 rings (SSSR count). The van der Waals surface area contributed by atoms with Gasteiger partial charge in [0.25, 0.3) is 0 Å². The molecule has 162 valence electrons. The van der Waals surface area contributed by atoms with Crippen LogP contribution in [-0.2, 0) is 19.1 Å². The summed E-state index contributed by atoms with van der Waals surface area (Å²) in [5.74, 6) is -0.468. The Morgan fingerprint density at radius 1 is 1.14 bits per heavy atom. The van der Waals surface area contributed by atoms with Gasteiger partial charge < -0.3 is 20.5 Å². The normalized spacial score (nSPS) is 22.1. The number of nitrogens with two attached hydrogens (primary N) is 1. The molecule has 6 nitrogen and oxygen atoms in total. The summed E-state index contributed by atoms with van der Waals surface area (Å²) in [5.41, 5.74) is 6.84. The van der Waals surface area contributed by atoms with Gasteiger partial charge in [0.2, 0.25) is 5.91 Å². The molecule has 28 heavy (non-hydrogen) atoms. The van der Waals surface area contributed by atoms with E-state index >= 15 is 0 Å². The fourth-order valence-electron chi connectivity index (χ4n) is 3.54. The maximum absolute atomic E-state index is 12.5. The molecule has 0 radical (unpaired) electrons. The Balaban J connectivity index is 2.66. The smallest absolute Gasteiger partial charge is 0.333 e. The fraction of sp³-hybridized carbons (Fsp3) is 0.818. The first-order valence-corrected chi connectivity index (χ1v) is 11.0. The SMILES string of the molecule is CCCCCCCCOC(=O)C1=C[C@@H](OC(CC)CC)[C@H](NC(C)=O)[C@@H](N)C1. The van der Waals surface area contributed by atoms with Crippen molar-refractivity contribution in [3.63, 3.8) is 0 Å². The molecule has 0 heterocycles. The van der Waals surface area contributed by atoms with E-state index in [1.165, 1.54) is 32.6 Å². The lowest BCUT2D eigenvalue weighted by Crippen LogP contribution is -2.57.